The molecule has 0 saturated carbocycles. The third kappa shape index (κ3) is 4.95. The van der Waals surface area contributed by atoms with E-state index in [2.05, 4.69) is 21.2 Å². The van der Waals surface area contributed by atoms with Gasteiger partial charge in [0.15, 0.2) is 28.9 Å². The van der Waals surface area contributed by atoms with Crippen LogP contribution in [0.1, 0.15) is 15.2 Å². The molecule has 0 spiro atoms. The van der Waals surface area contributed by atoms with Crippen molar-refractivity contribution in [2.45, 2.75) is 6.54 Å². The van der Waals surface area contributed by atoms with Crippen LogP contribution in [0, 0.1) is 11.6 Å². The first-order chi connectivity index (χ1) is 14.3. The van der Waals surface area contributed by atoms with Crippen LogP contribution in [-0.4, -0.2) is 28.8 Å². The lowest BCUT2D eigenvalue weighted by molar-refractivity contribution is -0.139. The molecule has 0 amide bonds. The topological polar surface area (TPSA) is 95.9 Å². The van der Waals surface area contributed by atoms with Gasteiger partial charge >= 0.3 is 11.9 Å². The Bertz CT molecular complexity index is 1120. The van der Waals surface area contributed by atoms with Crippen molar-refractivity contribution >= 4 is 44.9 Å². The Morgan fingerprint density at radius 3 is 2.53 bits per heavy atom. The summed E-state index contributed by atoms with van der Waals surface area (Å²) >= 11 is 4.26. The van der Waals surface area contributed by atoms with Gasteiger partial charge in [-0.15, -0.1) is 11.3 Å². The van der Waals surface area contributed by atoms with Crippen LogP contribution < -0.4 is 10.1 Å². The number of carboxylic acid groups (broad SMARTS) is 2. The molecule has 0 aliphatic rings. The summed E-state index contributed by atoms with van der Waals surface area (Å²) in [4.78, 5) is 22.8. The molecule has 0 aliphatic heterocycles. The molecule has 0 aliphatic carbocycles. The molecule has 0 unspecified atom stereocenters. The number of rotatable bonds is 8. The van der Waals surface area contributed by atoms with Gasteiger partial charge in [-0.2, -0.15) is 0 Å². The minimum Gasteiger partial charge on any atom is -0.479 e. The van der Waals surface area contributed by atoms with Crippen molar-refractivity contribution in [2.24, 2.45) is 0 Å². The number of aromatic carboxylic acids is 1. The van der Waals surface area contributed by atoms with Gasteiger partial charge in [0.1, 0.15) is 0 Å². The van der Waals surface area contributed by atoms with Crippen LogP contribution >= 0.6 is 27.3 Å². The molecule has 10 heteroatoms. The van der Waals surface area contributed by atoms with E-state index in [0.29, 0.717) is 27.1 Å². The first-order valence-corrected chi connectivity index (χ1v) is 10.1. The van der Waals surface area contributed by atoms with Crippen molar-refractivity contribution < 1.29 is 33.3 Å². The third-order valence-corrected chi connectivity index (χ3v) is 6.18. The normalized spacial score (nSPS) is 10.6. The zero-order chi connectivity index (χ0) is 21.8. The number of carbonyl (C=O) groups is 2. The van der Waals surface area contributed by atoms with Gasteiger partial charge in [0.05, 0.1) is 9.35 Å². The number of hydrogen-bond acceptors (Lipinski definition) is 5. The van der Waals surface area contributed by atoms with Crippen molar-refractivity contribution in [3.8, 4) is 16.2 Å². The number of hydrogen-bond donors (Lipinski definition) is 3. The third-order valence-electron chi connectivity index (χ3n) is 3.95. The molecule has 3 rings (SSSR count). The molecule has 156 valence electrons. The molecule has 30 heavy (non-hydrogen) atoms. The fourth-order valence-corrected chi connectivity index (χ4v) is 4.51. The van der Waals surface area contributed by atoms with E-state index in [1.54, 1.807) is 18.2 Å². The molecule has 6 nitrogen and oxygen atoms in total. The lowest BCUT2D eigenvalue weighted by Crippen LogP contribution is -2.11. The number of nitrogens with one attached hydrogen (secondary N) is 1. The van der Waals surface area contributed by atoms with Gasteiger partial charge in [-0.05, 0) is 45.3 Å². The van der Waals surface area contributed by atoms with E-state index >= 15 is 0 Å². The molecule has 3 N–H and O–H groups in total. The van der Waals surface area contributed by atoms with Gasteiger partial charge in [0.2, 0.25) is 0 Å². The van der Waals surface area contributed by atoms with E-state index in [4.69, 9.17) is 9.84 Å². The standard InChI is InChI=1S/C20H14BrF2NO5S/c21-16-17(29-9-15(25)26)19(20(27)28)30-18(16)11-3-1-2-10(6-11)8-24-12-4-5-13(22)14(23)7-12/h1-7,24H,8-9H2,(H,25,26)(H,27,28). The van der Waals surface area contributed by atoms with Gasteiger partial charge in [-0.3, -0.25) is 0 Å². The van der Waals surface area contributed by atoms with Crippen LogP contribution in [0.2, 0.25) is 0 Å². The van der Waals surface area contributed by atoms with E-state index in [1.165, 1.54) is 6.07 Å². The van der Waals surface area contributed by atoms with E-state index in [-0.39, 0.29) is 10.6 Å². The van der Waals surface area contributed by atoms with Crippen molar-refractivity contribution in [3.05, 3.63) is 69.0 Å². The molecule has 0 bridgehead atoms. The highest BCUT2D eigenvalue weighted by Crippen LogP contribution is 2.45. The Morgan fingerprint density at radius 2 is 1.87 bits per heavy atom. The van der Waals surface area contributed by atoms with E-state index in [0.717, 1.165) is 29.0 Å². The second-order valence-corrected chi connectivity index (χ2v) is 7.89. The molecule has 0 saturated heterocycles. The van der Waals surface area contributed by atoms with Gasteiger partial charge in [-0.1, -0.05) is 18.2 Å². The summed E-state index contributed by atoms with van der Waals surface area (Å²) in [5.41, 5.74) is 1.90. The van der Waals surface area contributed by atoms with Crippen LogP contribution in [-0.2, 0) is 11.3 Å². The van der Waals surface area contributed by atoms with E-state index in [9.17, 15) is 23.5 Å². The SMILES string of the molecule is O=C(O)COc1c(C(=O)O)sc(-c2cccc(CNc3ccc(F)c(F)c3)c2)c1Br. The minimum absolute atomic E-state index is 0.0461. The van der Waals surface area contributed by atoms with Gasteiger partial charge < -0.3 is 20.3 Å². The molecular weight excluding hydrogens is 484 g/mol. The molecular formula is C20H14BrF2NO5S. The van der Waals surface area contributed by atoms with Crippen molar-refractivity contribution in [1.82, 2.24) is 0 Å². The molecule has 0 atom stereocenters. The number of benzene rings is 2. The highest BCUT2D eigenvalue weighted by atomic mass is 79.9. The Hall–Kier alpha value is -2.98. The average molecular weight is 498 g/mol. The van der Waals surface area contributed by atoms with Gasteiger partial charge in [0.25, 0.3) is 0 Å². The van der Waals surface area contributed by atoms with Crippen LogP contribution in [0.5, 0.6) is 5.75 Å². The largest absolute Gasteiger partial charge is 0.479 e. The smallest absolute Gasteiger partial charge is 0.349 e. The number of anilines is 1. The Labute approximate surface area is 181 Å². The second-order valence-electron chi connectivity index (χ2n) is 6.07. The summed E-state index contributed by atoms with van der Waals surface area (Å²) in [7, 11) is 0. The summed E-state index contributed by atoms with van der Waals surface area (Å²) in [6.07, 6.45) is 0. The van der Waals surface area contributed by atoms with Crippen LogP contribution in [0.3, 0.4) is 0 Å². The maximum Gasteiger partial charge on any atom is 0.349 e. The van der Waals surface area contributed by atoms with E-state index in [1.807, 2.05) is 6.07 Å². The number of thiophene rings is 1. The number of halogens is 3. The van der Waals surface area contributed by atoms with Crippen LogP contribution in [0.15, 0.2) is 46.9 Å². The molecule has 2 aromatic carbocycles. The zero-order valence-electron chi connectivity index (χ0n) is 15.1. The van der Waals surface area contributed by atoms with E-state index < -0.39 is 30.2 Å². The second kappa shape index (κ2) is 9.23. The molecule has 0 fully saturated rings. The fraction of sp³-hybridized carbons (Fsp3) is 0.100. The van der Waals surface area contributed by atoms with Gasteiger partial charge in [-0.25, -0.2) is 18.4 Å². The maximum absolute atomic E-state index is 13.3. The Morgan fingerprint density at radius 1 is 1.10 bits per heavy atom. The van der Waals surface area contributed by atoms with Crippen LogP contribution in [0.4, 0.5) is 14.5 Å². The number of ether oxygens (including phenoxy) is 1. The minimum atomic E-state index is -1.23. The Balaban J connectivity index is 1.86. The highest BCUT2D eigenvalue weighted by molar-refractivity contribution is 9.10. The monoisotopic (exact) mass is 497 g/mol. The molecule has 1 aromatic heterocycles. The quantitative estimate of drug-likeness (QED) is 0.394. The van der Waals surface area contributed by atoms with Gasteiger partial charge in [0, 0.05) is 18.3 Å². The Kier molecular flexibility index (Phi) is 6.68. The molecule has 3 aromatic rings. The molecule has 1 heterocycles. The summed E-state index contributed by atoms with van der Waals surface area (Å²) in [5.74, 6) is -4.39. The summed E-state index contributed by atoms with van der Waals surface area (Å²) in [6, 6.07) is 10.7. The average Bonchev–Trinajstić information content (AvgIpc) is 3.04. The van der Waals surface area contributed by atoms with Crippen LogP contribution in [0.25, 0.3) is 10.4 Å². The first kappa shape index (κ1) is 21.7. The summed E-state index contributed by atoms with van der Waals surface area (Å²) in [5, 5.41) is 21.2. The number of carboxylic acids is 2. The van der Waals surface area contributed by atoms with Crippen molar-refractivity contribution in [3.63, 3.8) is 0 Å². The predicted molar refractivity (Wildman–Crippen MR) is 111 cm³/mol. The summed E-state index contributed by atoms with van der Waals surface area (Å²) in [6.45, 7) is -0.358. The molecule has 0 radical (unpaired) electrons. The van der Waals surface area contributed by atoms with Crippen molar-refractivity contribution in [1.29, 1.82) is 0 Å². The van der Waals surface area contributed by atoms with Crippen molar-refractivity contribution in [2.75, 3.05) is 11.9 Å². The lowest BCUT2D eigenvalue weighted by Gasteiger charge is -2.09. The summed E-state index contributed by atoms with van der Waals surface area (Å²) < 4.78 is 31.9. The first-order valence-electron chi connectivity index (χ1n) is 8.44. The highest BCUT2D eigenvalue weighted by Gasteiger charge is 2.24. The number of aliphatic carboxylic acids is 1. The zero-order valence-corrected chi connectivity index (χ0v) is 17.5. The predicted octanol–water partition coefficient (Wildman–Crippen LogP) is 5.23. The maximum atomic E-state index is 13.3. The fourth-order valence-electron chi connectivity index (χ4n) is 2.62. The lowest BCUT2D eigenvalue weighted by atomic mass is 10.1.